The molecule has 1 fully saturated rings. The summed E-state index contributed by atoms with van der Waals surface area (Å²) in [5, 5.41) is 12.1. The van der Waals surface area contributed by atoms with Crippen LogP contribution in [0.4, 0.5) is 0 Å². The lowest BCUT2D eigenvalue weighted by Crippen LogP contribution is -2.44. The van der Waals surface area contributed by atoms with Crippen LogP contribution in [0.2, 0.25) is 0 Å². The van der Waals surface area contributed by atoms with E-state index in [9.17, 15) is 4.79 Å². The van der Waals surface area contributed by atoms with Crippen LogP contribution in [0.3, 0.4) is 0 Å². The quantitative estimate of drug-likeness (QED) is 0.711. The number of hydrogen-bond donors (Lipinski definition) is 1. The van der Waals surface area contributed by atoms with E-state index >= 15 is 0 Å². The summed E-state index contributed by atoms with van der Waals surface area (Å²) in [6.45, 7) is 4.79. The second-order valence-corrected chi connectivity index (χ2v) is 5.80. The minimum atomic E-state index is -0.792. The molecule has 1 aromatic rings. The highest BCUT2D eigenvalue weighted by molar-refractivity contribution is 5.86. The van der Waals surface area contributed by atoms with Crippen molar-refractivity contribution in [2.75, 3.05) is 19.8 Å². The Morgan fingerprint density at radius 3 is 2.70 bits per heavy atom. The highest BCUT2D eigenvalue weighted by Gasteiger charge is 2.44. The Labute approximate surface area is 137 Å². The van der Waals surface area contributed by atoms with E-state index in [0.29, 0.717) is 45.8 Å². The summed E-state index contributed by atoms with van der Waals surface area (Å²) < 4.78 is 10.8. The fourth-order valence-corrected chi connectivity index (χ4v) is 2.55. The van der Waals surface area contributed by atoms with Crippen molar-refractivity contribution in [3.63, 3.8) is 0 Å². The molecule has 5 heteroatoms. The molecule has 0 radical (unpaired) electrons. The van der Waals surface area contributed by atoms with E-state index in [2.05, 4.69) is 11.4 Å². The number of carbonyl (C=O) groups is 1. The standard InChI is InChI=1S/C18H24N2O3/c1-2-22-9-10-23-13-16-6-3-5-15(11-16)12-20-17(21)18(14-19)7-4-8-18/h3,5-6,11H,2,4,7-10,12-13H2,1H3,(H,20,21). The van der Waals surface area contributed by atoms with E-state index in [0.717, 1.165) is 17.5 Å². The molecule has 0 heterocycles. The van der Waals surface area contributed by atoms with Crippen molar-refractivity contribution < 1.29 is 14.3 Å². The van der Waals surface area contributed by atoms with Crippen LogP contribution < -0.4 is 5.32 Å². The second-order valence-electron chi connectivity index (χ2n) is 5.80. The highest BCUT2D eigenvalue weighted by atomic mass is 16.5. The number of benzene rings is 1. The third-order valence-corrected chi connectivity index (χ3v) is 4.15. The Bertz CT molecular complexity index is 562. The monoisotopic (exact) mass is 316 g/mol. The molecule has 0 aromatic heterocycles. The largest absolute Gasteiger partial charge is 0.379 e. The fourth-order valence-electron chi connectivity index (χ4n) is 2.55. The van der Waals surface area contributed by atoms with Gasteiger partial charge < -0.3 is 14.8 Å². The third-order valence-electron chi connectivity index (χ3n) is 4.15. The molecular formula is C18H24N2O3. The number of hydrogen-bond acceptors (Lipinski definition) is 4. The van der Waals surface area contributed by atoms with Gasteiger partial charge in [0.1, 0.15) is 5.41 Å². The Kier molecular flexibility index (Phi) is 6.57. The first-order valence-corrected chi connectivity index (χ1v) is 8.13. The number of nitrogens with zero attached hydrogens (tertiary/aromatic N) is 1. The summed E-state index contributed by atoms with van der Waals surface area (Å²) in [5.41, 5.74) is 1.28. The van der Waals surface area contributed by atoms with Gasteiger partial charge in [0.15, 0.2) is 0 Å². The molecule has 0 unspecified atom stereocenters. The van der Waals surface area contributed by atoms with Gasteiger partial charge in [-0.25, -0.2) is 0 Å². The zero-order valence-electron chi connectivity index (χ0n) is 13.6. The zero-order valence-corrected chi connectivity index (χ0v) is 13.6. The third kappa shape index (κ3) is 4.78. The number of carbonyl (C=O) groups excluding carboxylic acids is 1. The molecule has 124 valence electrons. The molecule has 1 aromatic carbocycles. The van der Waals surface area contributed by atoms with Gasteiger partial charge in [-0.15, -0.1) is 0 Å². The number of rotatable bonds is 9. The van der Waals surface area contributed by atoms with E-state index < -0.39 is 5.41 Å². The molecule has 0 saturated heterocycles. The predicted octanol–water partition coefficient (Wildman–Crippen LogP) is 2.55. The molecule has 1 amide bonds. The maximum absolute atomic E-state index is 12.1. The molecule has 0 bridgehead atoms. The Morgan fingerprint density at radius 2 is 2.04 bits per heavy atom. The minimum Gasteiger partial charge on any atom is -0.379 e. The molecule has 1 aliphatic carbocycles. The smallest absolute Gasteiger partial charge is 0.240 e. The number of nitrogens with one attached hydrogen (secondary N) is 1. The van der Waals surface area contributed by atoms with Gasteiger partial charge in [0.05, 0.1) is 25.9 Å². The van der Waals surface area contributed by atoms with Crippen LogP contribution in [0, 0.1) is 16.7 Å². The molecule has 2 rings (SSSR count). The van der Waals surface area contributed by atoms with Crippen LogP contribution in [-0.4, -0.2) is 25.7 Å². The number of amides is 1. The van der Waals surface area contributed by atoms with Crippen molar-refractivity contribution in [1.29, 1.82) is 5.26 Å². The Morgan fingerprint density at radius 1 is 1.30 bits per heavy atom. The first-order chi connectivity index (χ1) is 11.2. The van der Waals surface area contributed by atoms with Crippen LogP contribution >= 0.6 is 0 Å². The van der Waals surface area contributed by atoms with E-state index in [-0.39, 0.29) is 5.91 Å². The van der Waals surface area contributed by atoms with Crippen molar-refractivity contribution in [3.05, 3.63) is 35.4 Å². The van der Waals surface area contributed by atoms with Gasteiger partial charge >= 0.3 is 0 Å². The van der Waals surface area contributed by atoms with Gasteiger partial charge in [-0.1, -0.05) is 24.3 Å². The molecule has 0 aliphatic heterocycles. The van der Waals surface area contributed by atoms with Crippen LogP contribution in [-0.2, 0) is 27.4 Å². The normalized spacial score (nSPS) is 15.5. The summed E-state index contributed by atoms with van der Waals surface area (Å²) in [4.78, 5) is 12.1. The van der Waals surface area contributed by atoms with Crippen molar-refractivity contribution in [2.24, 2.45) is 5.41 Å². The van der Waals surface area contributed by atoms with E-state index in [4.69, 9.17) is 14.7 Å². The summed E-state index contributed by atoms with van der Waals surface area (Å²) in [5.74, 6) is -0.149. The highest BCUT2D eigenvalue weighted by Crippen LogP contribution is 2.40. The molecule has 0 atom stereocenters. The van der Waals surface area contributed by atoms with Crippen molar-refractivity contribution in [2.45, 2.75) is 39.3 Å². The molecule has 5 nitrogen and oxygen atoms in total. The van der Waals surface area contributed by atoms with E-state index in [1.165, 1.54) is 0 Å². The topological polar surface area (TPSA) is 71.3 Å². The first kappa shape index (κ1) is 17.5. The van der Waals surface area contributed by atoms with Gasteiger partial charge in [0.25, 0.3) is 0 Å². The average Bonchev–Trinajstić information content (AvgIpc) is 2.53. The molecule has 1 aliphatic rings. The maximum atomic E-state index is 12.1. The first-order valence-electron chi connectivity index (χ1n) is 8.13. The second kappa shape index (κ2) is 8.66. The number of nitriles is 1. The lowest BCUT2D eigenvalue weighted by atomic mass is 9.69. The molecule has 0 spiro atoms. The Hall–Kier alpha value is -1.90. The SMILES string of the molecule is CCOCCOCc1cccc(CNC(=O)C2(C#N)CCC2)c1. The summed E-state index contributed by atoms with van der Waals surface area (Å²) >= 11 is 0. The van der Waals surface area contributed by atoms with E-state index in [1.807, 2.05) is 31.2 Å². The van der Waals surface area contributed by atoms with E-state index in [1.54, 1.807) is 0 Å². The molecular weight excluding hydrogens is 292 g/mol. The maximum Gasteiger partial charge on any atom is 0.240 e. The Balaban J connectivity index is 1.78. The lowest BCUT2D eigenvalue weighted by Gasteiger charge is -2.33. The zero-order chi connectivity index (χ0) is 16.5. The summed E-state index contributed by atoms with van der Waals surface area (Å²) in [7, 11) is 0. The molecule has 1 saturated carbocycles. The van der Waals surface area contributed by atoms with Gasteiger partial charge in [0, 0.05) is 13.2 Å². The van der Waals surface area contributed by atoms with Crippen LogP contribution in [0.5, 0.6) is 0 Å². The van der Waals surface area contributed by atoms with Crippen molar-refractivity contribution in [3.8, 4) is 6.07 Å². The van der Waals surface area contributed by atoms with Gasteiger partial charge in [-0.3, -0.25) is 4.79 Å². The summed E-state index contributed by atoms with van der Waals surface area (Å²) in [6, 6.07) is 10.1. The molecule has 23 heavy (non-hydrogen) atoms. The summed E-state index contributed by atoms with van der Waals surface area (Å²) in [6.07, 6.45) is 2.29. The van der Waals surface area contributed by atoms with Gasteiger partial charge in [-0.05, 0) is 37.3 Å². The van der Waals surface area contributed by atoms with Crippen molar-refractivity contribution in [1.82, 2.24) is 5.32 Å². The van der Waals surface area contributed by atoms with Gasteiger partial charge in [-0.2, -0.15) is 5.26 Å². The number of ether oxygens (including phenoxy) is 2. The van der Waals surface area contributed by atoms with Crippen LogP contribution in [0.15, 0.2) is 24.3 Å². The fraction of sp³-hybridized carbons (Fsp3) is 0.556. The predicted molar refractivity (Wildman–Crippen MR) is 86.3 cm³/mol. The van der Waals surface area contributed by atoms with Gasteiger partial charge in [0.2, 0.25) is 5.91 Å². The van der Waals surface area contributed by atoms with Crippen molar-refractivity contribution >= 4 is 5.91 Å². The lowest BCUT2D eigenvalue weighted by molar-refractivity contribution is -0.131. The molecule has 1 N–H and O–H groups in total. The van der Waals surface area contributed by atoms with Crippen LogP contribution in [0.25, 0.3) is 0 Å². The minimum absolute atomic E-state index is 0.149. The van der Waals surface area contributed by atoms with Crippen LogP contribution in [0.1, 0.15) is 37.3 Å². The average molecular weight is 316 g/mol.